The first-order valence-corrected chi connectivity index (χ1v) is 11.5. The minimum atomic E-state index is -3.97. The Hall–Kier alpha value is -2.40. The average molecular weight is 471 g/mol. The van der Waals surface area contributed by atoms with E-state index in [4.69, 9.17) is 25.5 Å². The van der Waals surface area contributed by atoms with Crippen molar-refractivity contribution in [3.8, 4) is 0 Å². The van der Waals surface area contributed by atoms with Gasteiger partial charge in [-0.15, -0.1) is 0 Å². The average Bonchev–Trinajstić information content (AvgIpc) is 3.45. The molecular formula is C20H23ClN2O7S. The lowest BCUT2D eigenvalue weighted by atomic mass is 10.2. The number of benzene rings is 1. The minimum absolute atomic E-state index is 0.0404. The lowest BCUT2D eigenvalue weighted by molar-refractivity contribution is -0.125. The van der Waals surface area contributed by atoms with E-state index in [9.17, 15) is 18.0 Å². The van der Waals surface area contributed by atoms with E-state index in [-0.39, 0.29) is 28.1 Å². The van der Waals surface area contributed by atoms with Crippen molar-refractivity contribution in [2.24, 2.45) is 0 Å². The largest absolute Gasteiger partial charge is 0.467 e. The molecule has 1 aromatic heterocycles. The molecule has 1 aliphatic heterocycles. The number of ether oxygens (including phenoxy) is 2. The van der Waals surface area contributed by atoms with E-state index in [2.05, 4.69) is 10.0 Å². The van der Waals surface area contributed by atoms with Crippen LogP contribution in [0.5, 0.6) is 0 Å². The lowest BCUT2D eigenvalue weighted by Gasteiger charge is -2.13. The van der Waals surface area contributed by atoms with Crippen LogP contribution in [0.15, 0.2) is 45.9 Å². The van der Waals surface area contributed by atoms with Crippen LogP contribution in [-0.2, 0) is 24.3 Å². The van der Waals surface area contributed by atoms with Crippen molar-refractivity contribution >= 4 is 33.5 Å². The van der Waals surface area contributed by atoms with E-state index in [0.29, 0.717) is 12.4 Å². The van der Waals surface area contributed by atoms with Crippen molar-refractivity contribution in [1.82, 2.24) is 10.0 Å². The van der Waals surface area contributed by atoms with Crippen LogP contribution in [0, 0.1) is 0 Å². The number of halogens is 1. The summed E-state index contributed by atoms with van der Waals surface area (Å²) in [5.74, 6) is -0.826. The van der Waals surface area contributed by atoms with Gasteiger partial charge in [-0.1, -0.05) is 11.6 Å². The first-order valence-electron chi connectivity index (χ1n) is 9.67. The third-order valence-electron chi connectivity index (χ3n) is 4.66. The van der Waals surface area contributed by atoms with Gasteiger partial charge in [0, 0.05) is 13.2 Å². The highest BCUT2D eigenvalue weighted by Gasteiger charge is 2.24. The van der Waals surface area contributed by atoms with Crippen molar-refractivity contribution in [2.45, 2.75) is 36.8 Å². The predicted octanol–water partition coefficient (Wildman–Crippen LogP) is 2.42. The SMILES string of the molecule is CC(NC(=O)COC(=O)c1ccc(Cl)c(S(=O)(=O)NCC2CCCO2)c1)c1ccco1. The number of nitrogens with one attached hydrogen (secondary N) is 2. The summed E-state index contributed by atoms with van der Waals surface area (Å²) in [6.45, 7) is 1.90. The van der Waals surface area contributed by atoms with Gasteiger partial charge in [0.2, 0.25) is 10.0 Å². The van der Waals surface area contributed by atoms with E-state index in [1.54, 1.807) is 19.1 Å². The second kappa shape index (κ2) is 10.3. The molecule has 11 heteroatoms. The zero-order chi connectivity index (χ0) is 22.4. The van der Waals surface area contributed by atoms with Gasteiger partial charge < -0.3 is 19.2 Å². The molecule has 31 heavy (non-hydrogen) atoms. The fraction of sp³-hybridized carbons (Fsp3) is 0.400. The van der Waals surface area contributed by atoms with Crippen LogP contribution >= 0.6 is 11.6 Å². The van der Waals surface area contributed by atoms with E-state index in [1.807, 2.05) is 0 Å². The van der Waals surface area contributed by atoms with Gasteiger partial charge in [-0.05, 0) is 50.1 Å². The van der Waals surface area contributed by atoms with Crippen LogP contribution in [0.25, 0.3) is 0 Å². The van der Waals surface area contributed by atoms with Gasteiger partial charge in [-0.2, -0.15) is 0 Å². The molecule has 0 aliphatic carbocycles. The molecule has 168 valence electrons. The van der Waals surface area contributed by atoms with E-state index in [0.717, 1.165) is 18.9 Å². The first kappa shape index (κ1) is 23.3. The third kappa shape index (κ3) is 6.30. The first-order chi connectivity index (χ1) is 14.8. The Morgan fingerprint density at radius 3 is 2.81 bits per heavy atom. The molecule has 1 saturated heterocycles. The monoisotopic (exact) mass is 470 g/mol. The third-order valence-corrected chi connectivity index (χ3v) is 6.57. The number of esters is 1. The van der Waals surface area contributed by atoms with Crippen molar-refractivity contribution in [3.05, 3.63) is 52.9 Å². The normalized spacial score (nSPS) is 17.3. The van der Waals surface area contributed by atoms with E-state index in [1.165, 1.54) is 18.4 Å². The highest BCUT2D eigenvalue weighted by atomic mass is 35.5. The summed E-state index contributed by atoms with van der Waals surface area (Å²) in [6, 6.07) is 6.74. The van der Waals surface area contributed by atoms with Gasteiger partial charge in [0.1, 0.15) is 10.7 Å². The summed E-state index contributed by atoms with van der Waals surface area (Å²) >= 11 is 6.04. The maximum atomic E-state index is 12.6. The van der Waals surface area contributed by atoms with Gasteiger partial charge >= 0.3 is 5.97 Å². The van der Waals surface area contributed by atoms with Gasteiger partial charge in [-0.25, -0.2) is 17.9 Å². The molecule has 1 aromatic carbocycles. The summed E-state index contributed by atoms with van der Waals surface area (Å²) < 4.78 is 43.3. The molecule has 2 heterocycles. The van der Waals surface area contributed by atoms with Crippen LogP contribution in [0.3, 0.4) is 0 Å². The summed E-state index contributed by atoms with van der Waals surface area (Å²) in [5.41, 5.74) is -0.0474. The molecule has 2 unspecified atom stereocenters. The molecule has 9 nitrogen and oxygen atoms in total. The molecule has 0 spiro atoms. The highest BCUT2D eigenvalue weighted by molar-refractivity contribution is 7.89. The summed E-state index contributed by atoms with van der Waals surface area (Å²) in [7, 11) is -3.97. The molecule has 3 rings (SSSR count). The fourth-order valence-corrected chi connectivity index (χ4v) is 4.62. The molecular weight excluding hydrogens is 448 g/mol. The standard InChI is InChI=1S/C20H23ClN2O7S/c1-13(17-5-3-9-29-17)23-19(24)12-30-20(25)14-6-7-16(21)18(10-14)31(26,27)22-11-15-4-2-8-28-15/h3,5-7,9-10,13,15,22H,2,4,8,11-12H2,1H3,(H,23,24). The lowest BCUT2D eigenvalue weighted by Crippen LogP contribution is -2.32. The molecule has 1 fully saturated rings. The van der Waals surface area contributed by atoms with Gasteiger partial charge in [0.15, 0.2) is 6.61 Å². The minimum Gasteiger partial charge on any atom is -0.467 e. The number of amides is 1. The topological polar surface area (TPSA) is 124 Å². The number of furan rings is 1. The van der Waals surface area contributed by atoms with Crippen molar-refractivity contribution in [3.63, 3.8) is 0 Å². The van der Waals surface area contributed by atoms with Crippen LogP contribution < -0.4 is 10.0 Å². The van der Waals surface area contributed by atoms with E-state index >= 15 is 0 Å². The van der Waals surface area contributed by atoms with Gasteiger partial charge in [0.25, 0.3) is 5.91 Å². The summed E-state index contributed by atoms with van der Waals surface area (Å²) in [6.07, 6.45) is 2.94. The molecule has 1 aliphatic rings. The number of carbonyl (C=O) groups is 2. The number of hydrogen-bond acceptors (Lipinski definition) is 7. The number of rotatable bonds is 9. The van der Waals surface area contributed by atoms with Crippen LogP contribution in [0.2, 0.25) is 5.02 Å². The zero-order valence-electron chi connectivity index (χ0n) is 16.8. The molecule has 0 saturated carbocycles. The Labute approximate surface area is 185 Å². The number of carbonyl (C=O) groups excluding carboxylic acids is 2. The smallest absolute Gasteiger partial charge is 0.338 e. The molecule has 0 bridgehead atoms. The Bertz CT molecular complexity index is 1020. The van der Waals surface area contributed by atoms with Crippen molar-refractivity contribution in [1.29, 1.82) is 0 Å². The van der Waals surface area contributed by atoms with Crippen molar-refractivity contribution in [2.75, 3.05) is 19.8 Å². The molecule has 2 N–H and O–H groups in total. The zero-order valence-corrected chi connectivity index (χ0v) is 18.4. The van der Waals surface area contributed by atoms with Crippen LogP contribution in [0.1, 0.15) is 41.9 Å². The maximum absolute atomic E-state index is 12.6. The Morgan fingerprint density at radius 1 is 1.32 bits per heavy atom. The van der Waals surface area contributed by atoms with Gasteiger partial charge in [0.05, 0.1) is 29.0 Å². The molecule has 2 aromatic rings. The molecule has 0 radical (unpaired) electrons. The number of hydrogen-bond donors (Lipinski definition) is 2. The second-order valence-corrected chi connectivity index (χ2v) is 9.16. The maximum Gasteiger partial charge on any atom is 0.338 e. The quantitative estimate of drug-likeness (QED) is 0.539. The highest BCUT2D eigenvalue weighted by Crippen LogP contribution is 2.23. The molecule has 2 atom stereocenters. The van der Waals surface area contributed by atoms with E-state index < -0.39 is 34.5 Å². The number of sulfonamides is 1. The Balaban J connectivity index is 1.59. The predicted molar refractivity (Wildman–Crippen MR) is 111 cm³/mol. The summed E-state index contributed by atoms with van der Waals surface area (Å²) in [4.78, 5) is 24.1. The van der Waals surface area contributed by atoms with Crippen LogP contribution in [-0.4, -0.2) is 46.2 Å². The summed E-state index contributed by atoms with van der Waals surface area (Å²) in [5, 5.41) is 2.59. The van der Waals surface area contributed by atoms with Crippen LogP contribution in [0.4, 0.5) is 0 Å². The fourth-order valence-electron chi connectivity index (χ4n) is 3.03. The Kier molecular flexibility index (Phi) is 7.71. The van der Waals surface area contributed by atoms with Crippen molar-refractivity contribution < 1.29 is 31.9 Å². The Morgan fingerprint density at radius 2 is 2.13 bits per heavy atom. The van der Waals surface area contributed by atoms with Gasteiger partial charge in [-0.3, -0.25) is 4.79 Å². The second-order valence-electron chi connectivity index (χ2n) is 7.01. The molecule has 1 amide bonds.